The maximum absolute atomic E-state index is 12.0. The summed E-state index contributed by atoms with van der Waals surface area (Å²) in [6.07, 6.45) is 5.15. The number of hydrogen-bond acceptors (Lipinski definition) is 6. The van der Waals surface area contributed by atoms with E-state index in [9.17, 15) is 4.79 Å². The van der Waals surface area contributed by atoms with E-state index in [1.54, 1.807) is 30.4 Å². The Morgan fingerprint density at radius 3 is 2.50 bits per heavy atom. The van der Waals surface area contributed by atoms with Crippen LogP contribution in [0.1, 0.15) is 10.4 Å². The SMILES string of the molecule is CONC(=Cn1cc(C(N)=O)c2cc(N=CN(C)C)ccc21)COc1ccc(OC)cc1. The highest BCUT2D eigenvalue weighted by molar-refractivity contribution is 6.07. The maximum Gasteiger partial charge on any atom is 0.250 e. The van der Waals surface area contributed by atoms with Crippen LogP contribution < -0.4 is 20.7 Å². The number of aromatic nitrogens is 1. The Kier molecular flexibility index (Phi) is 7.35. The van der Waals surface area contributed by atoms with Crippen molar-refractivity contribution in [2.45, 2.75) is 0 Å². The zero-order valence-electron chi connectivity index (χ0n) is 18.5. The van der Waals surface area contributed by atoms with Gasteiger partial charge in [0.25, 0.3) is 5.91 Å². The van der Waals surface area contributed by atoms with Gasteiger partial charge in [0, 0.05) is 31.9 Å². The Bertz CT molecular complexity index is 1130. The Morgan fingerprint density at radius 2 is 1.88 bits per heavy atom. The van der Waals surface area contributed by atoms with Crippen molar-refractivity contribution in [3.8, 4) is 11.5 Å². The molecule has 0 aliphatic heterocycles. The van der Waals surface area contributed by atoms with E-state index in [0.29, 0.717) is 28.1 Å². The van der Waals surface area contributed by atoms with Crippen molar-refractivity contribution in [3.63, 3.8) is 0 Å². The predicted molar refractivity (Wildman–Crippen MR) is 125 cm³/mol. The number of methoxy groups -OCH3 is 1. The van der Waals surface area contributed by atoms with Gasteiger partial charge >= 0.3 is 0 Å². The van der Waals surface area contributed by atoms with Crippen LogP contribution in [0, 0.1) is 0 Å². The topological polar surface area (TPSA) is 103 Å². The van der Waals surface area contributed by atoms with Crippen LogP contribution in [0.4, 0.5) is 5.69 Å². The van der Waals surface area contributed by atoms with Gasteiger partial charge < -0.3 is 24.7 Å². The molecule has 1 aromatic heterocycles. The molecule has 0 spiro atoms. The molecule has 0 unspecified atom stereocenters. The first-order valence-corrected chi connectivity index (χ1v) is 9.83. The second kappa shape index (κ2) is 10.4. The lowest BCUT2D eigenvalue weighted by Crippen LogP contribution is -2.18. The van der Waals surface area contributed by atoms with Crippen LogP contribution in [0.2, 0.25) is 0 Å². The van der Waals surface area contributed by atoms with Crippen molar-refractivity contribution in [2.24, 2.45) is 10.7 Å². The molecule has 0 aliphatic rings. The zero-order valence-corrected chi connectivity index (χ0v) is 18.5. The molecule has 9 heteroatoms. The summed E-state index contributed by atoms with van der Waals surface area (Å²) in [7, 11) is 6.89. The molecule has 0 atom stereocenters. The number of rotatable bonds is 10. The molecule has 1 amide bonds. The van der Waals surface area contributed by atoms with Crippen molar-refractivity contribution in [1.29, 1.82) is 0 Å². The van der Waals surface area contributed by atoms with Crippen LogP contribution in [-0.4, -0.2) is 56.6 Å². The van der Waals surface area contributed by atoms with Gasteiger partial charge in [0.05, 0.1) is 43.0 Å². The third kappa shape index (κ3) is 5.58. The first-order valence-electron chi connectivity index (χ1n) is 9.83. The number of ether oxygens (including phenoxy) is 2. The fourth-order valence-electron chi connectivity index (χ4n) is 3.03. The standard InChI is InChI=1S/C23H27N5O4/c1-27(2)15-25-16-5-10-22-20(11-16)21(23(24)29)13-28(22)12-17(26-31-4)14-32-19-8-6-18(30-3)7-9-19/h5-13,15,26H,14H2,1-4H3,(H2,24,29). The maximum atomic E-state index is 12.0. The smallest absolute Gasteiger partial charge is 0.250 e. The van der Waals surface area contributed by atoms with E-state index in [1.165, 1.54) is 7.11 Å². The van der Waals surface area contributed by atoms with Gasteiger partial charge in [-0.1, -0.05) is 0 Å². The van der Waals surface area contributed by atoms with E-state index in [0.717, 1.165) is 11.3 Å². The number of aliphatic imine (C=N–C) groups is 1. The molecular formula is C23H27N5O4. The quantitative estimate of drug-likeness (QED) is 0.287. The number of carbonyl (C=O) groups excluding carboxylic acids is 1. The lowest BCUT2D eigenvalue weighted by Gasteiger charge is -2.12. The third-order valence-electron chi connectivity index (χ3n) is 4.50. The summed E-state index contributed by atoms with van der Waals surface area (Å²) in [5, 5.41) is 0.704. The third-order valence-corrected chi connectivity index (χ3v) is 4.50. The molecule has 32 heavy (non-hydrogen) atoms. The van der Waals surface area contributed by atoms with Crippen LogP contribution >= 0.6 is 0 Å². The van der Waals surface area contributed by atoms with Gasteiger partial charge in [-0.25, -0.2) is 4.99 Å². The van der Waals surface area contributed by atoms with Gasteiger partial charge in [0.2, 0.25) is 0 Å². The second-order valence-electron chi connectivity index (χ2n) is 7.15. The predicted octanol–water partition coefficient (Wildman–Crippen LogP) is 3.00. The summed E-state index contributed by atoms with van der Waals surface area (Å²) < 4.78 is 12.8. The monoisotopic (exact) mass is 437 g/mol. The summed E-state index contributed by atoms with van der Waals surface area (Å²) >= 11 is 0. The molecule has 9 nitrogen and oxygen atoms in total. The molecule has 3 rings (SSSR count). The fourth-order valence-corrected chi connectivity index (χ4v) is 3.03. The number of hydroxylamine groups is 1. The molecule has 2 aromatic carbocycles. The van der Waals surface area contributed by atoms with Crippen LogP contribution in [0.3, 0.4) is 0 Å². The average Bonchev–Trinajstić information content (AvgIpc) is 3.14. The number of nitrogens with one attached hydrogen (secondary N) is 1. The minimum Gasteiger partial charge on any atom is -0.497 e. The normalized spacial score (nSPS) is 11.7. The molecule has 0 saturated carbocycles. The Morgan fingerprint density at radius 1 is 1.16 bits per heavy atom. The van der Waals surface area contributed by atoms with Gasteiger partial charge in [0.1, 0.15) is 18.1 Å². The molecule has 0 bridgehead atoms. The van der Waals surface area contributed by atoms with Gasteiger partial charge in [-0.2, -0.15) is 0 Å². The minimum absolute atomic E-state index is 0.205. The lowest BCUT2D eigenvalue weighted by molar-refractivity contribution is 0.100. The Balaban J connectivity index is 1.92. The number of primary amides is 1. The molecule has 0 radical (unpaired) electrons. The number of hydrogen-bond donors (Lipinski definition) is 2. The Labute approximate surface area is 186 Å². The van der Waals surface area contributed by atoms with Gasteiger partial charge in [-0.3, -0.25) is 15.1 Å². The molecule has 3 aromatic rings. The van der Waals surface area contributed by atoms with E-state index in [4.69, 9.17) is 20.0 Å². The molecule has 0 saturated heterocycles. The highest BCUT2D eigenvalue weighted by Gasteiger charge is 2.13. The molecule has 3 N–H and O–H groups in total. The molecular weight excluding hydrogens is 410 g/mol. The van der Waals surface area contributed by atoms with Crippen molar-refractivity contribution in [3.05, 3.63) is 59.9 Å². The van der Waals surface area contributed by atoms with E-state index in [-0.39, 0.29) is 6.61 Å². The lowest BCUT2D eigenvalue weighted by atomic mass is 10.1. The van der Waals surface area contributed by atoms with Crippen LogP contribution in [0.25, 0.3) is 17.1 Å². The zero-order chi connectivity index (χ0) is 23.1. The van der Waals surface area contributed by atoms with Crippen molar-refractivity contribution in [1.82, 2.24) is 14.9 Å². The van der Waals surface area contributed by atoms with Gasteiger partial charge in [-0.05, 0) is 42.5 Å². The van der Waals surface area contributed by atoms with E-state index >= 15 is 0 Å². The highest BCUT2D eigenvalue weighted by atomic mass is 16.6. The number of amides is 1. The average molecular weight is 438 g/mol. The summed E-state index contributed by atoms with van der Waals surface area (Å²) in [4.78, 5) is 23.4. The minimum atomic E-state index is -0.522. The number of fused-ring (bicyclic) bond motifs is 1. The number of nitrogens with zero attached hydrogens (tertiary/aromatic N) is 3. The second-order valence-corrected chi connectivity index (χ2v) is 7.15. The summed E-state index contributed by atoms with van der Waals surface area (Å²) in [6, 6.07) is 12.8. The molecule has 0 aliphatic carbocycles. The van der Waals surface area contributed by atoms with Crippen molar-refractivity contribution in [2.75, 3.05) is 34.9 Å². The van der Waals surface area contributed by atoms with Crippen molar-refractivity contribution < 1.29 is 19.1 Å². The number of benzene rings is 2. The summed E-state index contributed by atoms with van der Waals surface area (Å²) in [6.45, 7) is 0.205. The van der Waals surface area contributed by atoms with E-state index in [1.807, 2.05) is 61.5 Å². The fraction of sp³-hybridized carbons (Fsp3) is 0.217. The van der Waals surface area contributed by atoms with Crippen LogP contribution in [0.5, 0.6) is 11.5 Å². The first kappa shape index (κ1) is 22.7. The Hall–Kier alpha value is -3.98. The summed E-state index contributed by atoms with van der Waals surface area (Å²) in [5.41, 5.74) is 11.0. The summed E-state index contributed by atoms with van der Waals surface area (Å²) in [5.74, 6) is 0.898. The number of nitrogens with two attached hydrogens (primary N) is 1. The van der Waals surface area contributed by atoms with Crippen LogP contribution in [0.15, 0.2) is 59.4 Å². The molecule has 168 valence electrons. The highest BCUT2D eigenvalue weighted by Crippen LogP contribution is 2.27. The van der Waals surface area contributed by atoms with E-state index in [2.05, 4.69) is 10.5 Å². The molecule has 1 heterocycles. The number of carbonyl (C=O) groups is 1. The largest absolute Gasteiger partial charge is 0.497 e. The van der Waals surface area contributed by atoms with Gasteiger partial charge in [-0.15, -0.1) is 0 Å². The van der Waals surface area contributed by atoms with Gasteiger partial charge in [0.15, 0.2) is 0 Å². The van der Waals surface area contributed by atoms with Crippen LogP contribution in [-0.2, 0) is 4.84 Å². The molecule has 0 fully saturated rings. The first-order chi connectivity index (χ1) is 15.4. The van der Waals surface area contributed by atoms with Crippen molar-refractivity contribution >= 4 is 35.0 Å². The van der Waals surface area contributed by atoms with E-state index < -0.39 is 5.91 Å².